The third-order valence-electron chi connectivity index (χ3n) is 4.00. The molecule has 44 heavy (non-hydrogen) atoms. The van der Waals surface area contributed by atoms with E-state index in [4.69, 9.17) is 39.4 Å². The summed E-state index contributed by atoms with van der Waals surface area (Å²) >= 11 is 0. The van der Waals surface area contributed by atoms with E-state index in [9.17, 15) is 28.8 Å². The number of nitrogens with one attached hydrogen (secondary N) is 4. The molecular formula is C26H52N4O14. The number of amides is 4. The molecule has 0 heterocycles. The van der Waals surface area contributed by atoms with Gasteiger partial charge in [0.2, 0.25) is 25.2 Å². The molecule has 0 aromatic heterocycles. The highest BCUT2D eigenvalue weighted by atomic mass is 16.7. The van der Waals surface area contributed by atoms with Crippen molar-refractivity contribution in [1.82, 2.24) is 21.3 Å². The molecule has 0 aliphatic carbocycles. The molecule has 0 unspecified atom stereocenters. The van der Waals surface area contributed by atoms with Gasteiger partial charge in [0.25, 0.3) is 23.6 Å². The molecule has 0 bridgehead atoms. The van der Waals surface area contributed by atoms with Gasteiger partial charge in [-0.15, -0.1) is 0 Å². The van der Waals surface area contributed by atoms with Crippen molar-refractivity contribution >= 4 is 36.2 Å². The zero-order valence-electron chi connectivity index (χ0n) is 26.1. The van der Waals surface area contributed by atoms with Crippen LogP contribution in [0.3, 0.4) is 0 Å². The lowest BCUT2D eigenvalue weighted by atomic mass is 10.4. The van der Waals surface area contributed by atoms with Gasteiger partial charge in [-0.25, -0.2) is 0 Å². The number of rotatable bonds is 22. The minimum absolute atomic E-state index is 0.0269. The van der Waals surface area contributed by atoms with E-state index in [-0.39, 0.29) is 63.9 Å². The maximum absolute atomic E-state index is 11.4. The van der Waals surface area contributed by atoms with Crippen LogP contribution in [0.15, 0.2) is 0 Å². The van der Waals surface area contributed by atoms with Crippen LogP contribution in [-0.4, -0.2) is 148 Å². The molecule has 0 aliphatic heterocycles. The summed E-state index contributed by atoms with van der Waals surface area (Å²) in [5.74, 6) is -1.97. The summed E-state index contributed by atoms with van der Waals surface area (Å²) < 4.78 is 20.2. The van der Waals surface area contributed by atoms with E-state index in [1.165, 1.54) is 0 Å². The van der Waals surface area contributed by atoms with Gasteiger partial charge in [-0.2, -0.15) is 0 Å². The monoisotopic (exact) mass is 644 g/mol. The van der Waals surface area contributed by atoms with Gasteiger partial charge in [0.05, 0.1) is 13.2 Å². The fourth-order valence-corrected chi connectivity index (χ4v) is 2.19. The van der Waals surface area contributed by atoms with Crippen molar-refractivity contribution in [1.29, 1.82) is 0 Å². The van der Waals surface area contributed by atoms with E-state index in [2.05, 4.69) is 21.3 Å². The smallest absolute Gasteiger partial charge is 0.284 e. The Morgan fingerprint density at radius 3 is 1.11 bits per heavy atom. The van der Waals surface area contributed by atoms with Crippen molar-refractivity contribution in [3.05, 3.63) is 0 Å². The molecule has 0 radical (unpaired) electrons. The van der Waals surface area contributed by atoms with Crippen molar-refractivity contribution in [3.63, 3.8) is 0 Å². The Hall–Kier alpha value is -3.10. The van der Waals surface area contributed by atoms with E-state index in [1.54, 1.807) is 27.7 Å². The highest BCUT2D eigenvalue weighted by Gasteiger charge is 2.18. The molecule has 0 aromatic rings. The van der Waals surface area contributed by atoms with Crippen LogP contribution in [0.2, 0.25) is 0 Å². The number of hydrogen-bond donors (Lipinski definition) is 8. The molecule has 0 aliphatic rings. The van der Waals surface area contributed by atoms with E-state index < -0.39 is 24.4 Å². The Labute approximate surface area is 258 Å². The molecule has 0 aromatic carbocycles. The molecular weight excluding hydrogens is 592 g/mol. The van der Waals surface area contributed by atoms with Gasteiger partial charge in [-0.05, 0) is 40.5 Å². The molecule has 18 nitrogen and oxygen atoms in total. The number of ether oxygens (including phenoxy) is 4. The second-order valence-corrected chi connectivity index (χ2v) is 7.49. The molecule has 0 saturated heterocycles. The molecule has 0 rings (SSSR count). The van der Waals surface area contributed by atoms with Gasteiger partial charge in [0.1, 0.15) is 0 Å². The fraction of sp³-hybridized carbons (Fsp3) is 0.769. The van der Waals surface area contributed by atoms with E-state index >= 15 is 0 Å². The largest absolute Gasteiger partial charge is 0.396 e. The van der Waals surface area contributed by atoms with Crippen LogP contribution in [0.4, 0.5) is 0 Å². The third-order valence-corrected chi connectivity index (χ3v) is 4.00. The molecule has 0 atom stereocenters. The highest BCUT2D eigenvalue weighted by molar-refractivity contribution is 6.23. The van der Waals surface area contributed by atoms with Crippen molar-refractivity contribution in [2.24, 2.45) is 0 Å². The number of aliphatic hydroxyl groups is 4. The van der Waals surface area contributed by atoms with E-state index in [1.807, 2.05) is 0 Å². The second-order valence-electron chi connectivity index (χ2n) is 7.49. The number of aliphatic hydroxyl groups excluding tert-OH is 4. The molecule has 4 amide bonds. The van der Waals surface area contributed by atoms with E-state index in [0.717, 1.165) is 0 Å². The summed E-state index contributed by atoms with van der Waals surface area (Å²) in [4.78, 5) is 61.8. The first-order valence-corrected chi connectivity index (χ1v) is 14.0. The summed E-state index contributed by atoms with van der Waals surface area (Å²) in [5, 5.41) is 42.7. The van der Waals surface area contributed by atoms with Crippen molar-refractivity contribution in [2.75, 3.05) is 79.0 Å². The summed E-state index contributed by atoms with van der Waals surface area (Å²) in [6, 6.07) is 0. The molecule has 8 N–H and O–H groups in total. The lowest BCUT2D eigenvalue weighted by Crippen LogP contribution is -2.39. The standard InChI is InChI=1S/C9H19NO4.C8H17NO4.C5H9NO3.C4H7NO3/c1-3-13-9(14-4-2)8(12)10-6-5-7-11;1-3-12-8(13-4-2)7(11)9-5-6-10;7-3-1-2-6-5(9)4-8;6-2-1-5-4(8)3-7/h9,11H,3-7H2,1-2H3,(H,10,12);8,10H,3-6H2,1-2H3,(H,9,11);4,7H,1-3H2,(H,6,9);3,6H,1-2H2,(H,5,8). The third kappa shape index (κ3) is 36.9. The molecule has 18 heteroatoms. The second kappa shape index (κ2) is 39.9. The van der Waals surface area contributed by atoms with Crippen molar-refractivity contribution < 1.29 is 68.1 Å². The minimum atomic E-state index is -0.860. The number of carbonyl (C=O) groups is 6. The van der Waals surface area contributed by atoms with Gasteiger partial charge in [0.15, 0.2) is 0 Å². The van der Waals surface area contributed by atoms with Crippen molar-refractivity contribution in [2.45, 2.75) is 53.1 Å². The number of carbonyl (C=O) groups excluding carboxylic acids is 6. The predicted octanol–water partition coefficient (Wildman–Crippen LogP) is -3.64. The van der Waals surface area contributed by atoms with Crippen LogP contribution < -0.4 is 21.3 Å². The first kappa shape index (κ1) is 47.8. The Morgan fingerprint density at radius 1 is 0.523 bits per heavy atom. The minimum Gasteiger partial charge on any atom is -0.396 e. The van der Waals surface area contributed by atoms with Crippen LogP contribution in [0.5, 0.6) is 0 Å². The first-order valence-electron chi connectivity index (χ1n) is 14.0. The van der Waals surface area contributed by atoms with Crippen LogP contribution >= 0.6 is 0 Å². The van der Waals surface area contributed by atoms with Crippen LogP contribution in [0.1, 0.15) is 40.5 Å². The SMILES string of the molecule is CCOC(OCC)C(=O)NCCCO.CCOC(OCC)C(=O)NCCO.O=CC(=O)NCCCO.O=CC(=O)NCCO. The first-order chi connectivity index (χ1) is 21.1. The Bertz CT molecular complexity index is 704. The lowest BCUT2D eigenvalue weighted by molar-refractivity contribution is -0.170. The average molecular weight is 645 g/mol. The summed E-state index contributed by atoms with van der Waals surface area (Å²) in [7, 11) is 0. The maximum atomic E-state index is 11.4. The number of aldehydes is 2. The van der Waals surface area contributed by atoms with Crippen LogP contribution in [0, 0.1) is 0 Å². The lowest BCUT2D eigenvalue weighted by Gasteiger charge is -2.15. The Kier molecular flexibility index (Phi) is 43.4. The normalized spacial score (nSPS) is 9.68. The summed E-state index contributed by atoms with van der Waals surface area (Å²) in [5.41, 5.74) is 0. The zero-order chi connectivity index (χ0) is 34.4. The predicted molar refractivity (Wildman–Crippen MR) is 156 cm³/mol. The molecule has 0 fully saturated rings. The molecule has 0 spiro atoms. The topological polar surface area (TPSA) is 268 Å². The molecule has 0 saturated carbocycles. The Morgan fingerprint density at radius 2 is 0.818 bits per heavy atom. The van der Waals surface area contributed by atoms with Crippen molar-refractivity contribution in [3.8, 4) is 0 Å². The Balaban J connectivity index is -0.000000249. The zero-order valence-corrected chi connectivity index (χ0v) is 26.1. The van der Waals surface area contributed by atoms with Gasteiger partial charge in [-0.1, -0.05) is 0 Å². The quantitative estimate of drug-likeness (QED) is 0.0245. The fourth-order valence-electron chi connectivity index (χ4n) is 2.19. The number of hydrogen-bond acceptors (Lipinski definition) is 14. The van der Waals surface area contributed by atoms with Gasteiger partial charge < -0.3 is 60.6 Å². The van der Waals surface area contributed by atoms with Gasteiger partial charge >= 0.3 is 0 Å². The van der Waals surface area contributed by atoms with Gasteiger partial charge in [0, 0.05) is 65.8 Å². The average Bonchev–Trinajstić information content (AvgIpc) is 3.03. The summed E-state index contributed by atoms with van der Waals surface area (Å²) in [6.45, 7) is 9.86. The van der Waals surface area contributed by atoms with Crippen LogP contribution in [-0.2, 0) is 47.7 Å². The highest BCUT2D eigenvalue weighted by Crippen LogP contribution is 1.95. The maximum Gasteiger partial charge on any atom is 0.284 e. The molecule has 260 valence electrons. The summed E-state index contributed by atoms with van der Waals surface area (Å²) in [6.07, 6.45) is -0.297. The van der Waals surface area contributed by atoms with Gasteiger partial charge in [-0.3, -0.25) is 28.8 Å². The van der Waals surface area contributed by atoms with Crippen LogP contribution in [0.25, 0.3) is 0 Å². The van der Waals surface area contributed by atoms with E-state index in [0.29, 0.717) is 52.4 Å².